The first-order valence-electron chi connectivity index (χ1n) is 5.06. The van der Waals surface area contributed by atoms with E-state index < -0.39 is 13.9 Å². The molecule has 0 radical (unpaired) electrons. The van der Waals surface area contributed by atoms with Gasteiger partial charge in [-0.1, -0.05) is 0 Å². The fraction of sp³-hybridized carbons (Fsp3) is 0.375. The first-order valence-corrected chi connectivity index (χ1v) is 6.86. The summed E-state index contributed by atoms with van der Waals surface area (Å²) in [6.45, 7) is 0.524. The van der Waals surface area contributed by atoms with E-state index >= 15 is 0 Å². The molecule has 0 aliphatic rings. The molecule has 0 bridgehead atoms. The lowest BCUT2D eigenvalue weighted by atomic mass is 10.5. The van der Waals surface area contributed by atoms with Gasteiger partial charge in [0.2, 0.25) is 0 Å². The Morgan fingerprint density at radius 1 is 1.39 bits per heavy atom. The lowest BCUT2D eigenvalue weighted by Crippen LogP contribution is -2.11. The number of rotatable bonds is 6. The number of nitrogens with zero attached hydrogens (tertiary/aromatic N) is 3. The van der Waals surface area contributed by atoms with E-state index in [0.717, 1.165) is 0 Å². The van der Waals surface area contributed by atoms with Gasteiger partial charge in [-0.15, -0.1) is 0 Å². The Bertz CT molecular complexity index is 567. The van der Waals surface area contributed by atoms with Crippen molar-refractivity contribution in [3.05, 3.63) is 12.7 Å². The van der Waals surface area contributed by atoms with E-state index in [1.807, 2.05) is 0 Å². The second-order valence-corrected chi connectivity index (χ2v) is 5.04. The van der Waals surface area contributed by atoms with Crippen LogP contribution in [-0.2, 0) is 9.30 Å². The summed E-state index contributed by atoms with van der Waals surface area (Å²) < 4.78 is 15.3. The molecule has 0 unspecified atom stereocenters. The predicted octanol–water partition coefficient (Wildman–Crippen LogP) is -0.0834. The number of hydrogen-bond donors (Lipinski definition) is 4. The minimum absolute atomic E-state index is 0.157. The van der Waals surface area contributed by atoms with Crippen LogP contribution in [0.4, 0.5) is 5.82 Å². The molecule has 0 fully saturated rings. The van der Waals surface area contributed by atoms with Gasteiger partial charge in [0, 0.05) is 6.54 Å². The third kappa shape index (κ3) is 3.47. The number of H-pyrrole nitrogens is 1. The van der Waals surface area contributed by atoms with Gasteiger partial charge in [-0.25, -0.2) is 15.0 Å². The van der Waals surface area contributed by atoms with E-state index in [0.29, 0.717) is 23.5 Å². The van der Waals surface area contributed by atoms with Crippen LogP contribution in [0, 0.1) is 0 Å². The predicted molar refractivity (Wildman–Crippen MR) is 63.0 cm³/mol. The summed E-state index contributed by atoms with van der Waals surface area (Å²) in [6.07, 6.45) is 2.30. The molecule has 0 atom stereocenters. The normalized spacial score (nSPS) is 11.9. The summed E-state index contributed by atoms with van der Waals surface area (Å²) in [5.74, 6) is 0.567. The molecular weight excluding hydrogens is 261 g/mol. The van der Waals surface area contributed by atoms with Crippen LogP contribution >= 0.6 is 7.60 Å². The third-order valence-electron chi connectivity index (χ3n) is 2.02. The molecule has 10 heteroatoms. The number of nitrogens with one attached hydrogen (secondary N) is 2. The molecule has 4 N–H and O–H groups in total. The van der Waals surface area contributed by atoms with Crippen LogP contribution in [-0.4, -0.2) is 49.2 Å². The summed E-state index contributed by atoms with van der Waals surface area (Å²) >= 11 is 0. The van der Waals surface area contributed by atoms with E-state index in [1.54, 1.807) is 0 Å². The molecule has 98 valence electrons. The highest BCUT2D eigenvalue weighted by atomic mass is 31.2. The lowest BCUT2D eigenvalue weighted by Gasteiger charge is -2.07. The van der Waals surface area contributed by atoms with Crippen LogP contribution in [0.2, 0.25) is 0 Å². The zero-order valence-corrected chi connectivity index (χ0v) is 10.2. The number of fused-ring (bicyclic) bond motifs is 1. The van der Waals surface area contributed by atoms with Crippen molar-refractivity contribution in [3.63, 3.8) is 0 Å². The summed E-state index contributed by atoms with van der Waals surface area (Å²) in [5, 5.41) is 2.96. The average molecular weight is 273 g/mol. The van der Waals surface area contributed by atoms with E-state index in [-0.39, 0.29) is 6.61 Å². The van der Waals surface area contributed by atoms with Gasteiger partial charge in [0.25, 0.3) is 0 Å². The number of anilines is 1. The molecule has 9 nitrogen and oxygen atoms in total. The van der Waals surface area contributed by atoms with Crippen molar-refractivity contribution < 1.29 is 19.1 Å². The van der Waals surface area contributed by atoms with Gasteiger partial charge in [-0.3, -0.25) is 4.57 Å². The Hall–Kier alpha value is -1.54. The van der Waals surface area contributed by atoms with Crippen molar-refractivity contribution in [2.24, 2.45) is 0 Å². The number of aromatic nitrogens is 4. The smallest absolute Gasteiger partial charge is 0.350 e. The van der Waals surface area contributed by atoms with Crippen molar-refractivity contribution in [2.75, 3.05) is 24.8 Å². The van der Waals surface area contributed by atoms with Gasteiger partial charge in [0.15, 0.2) is 11.5 Å². The number of ether oxygens (including phenoxy) is 1. The maximum atomic E-state index is 10.5. The van der Waals surface area contributed by atoms with Gasteiger partial charge >= 0.3 is 7.60 Å². The highest BCUT2D eigenvalue weighted by molar-refractivity contribution is 7.51. The fourth-order valence-electron chi connectivity index (χ4n) is 1.32. The molecule has 0 aromatic carbocycles. The van der Waals surface area contributed by atoms with Crippen molar-refractivity contribution in [1.82, 2.24) is 19.9 Å². The molecule has 0 amide bonds. The first kappa shape index (κ1) is 12.9. The van der Waals surface area contributed by atoms with Crippen LogP contribution in [0.25, 0.3) is 11.2 Å². The third-order valence-corrected chi connectivity index (χ3v) is 2.54. The Morgan fingerprint density at radius 2 is 2.22 bits per heavy atom. The van der Waals surface area contributed by atoms with Gasteiger partial charge in [0.05, 0.1) is 12.9 Å². The molecule has 2 heterocycles. The highest BCUT2D eigenvalue weighted by Crippen LogP contribution is 2.33. The van der Waals surface area contributed by atoms with Gasteiger partial charge in [-0.2, -0.15) is 0 Å². The van der Waals surface area contributed by atoms with Crippen LogP contribution in [0.5, 0.6) is 0 Å². The molecule has 2 aromatic heterocycles. The fourth-order valence-corrected chi connectivity index (χ4v) is 1.69. The van der Waals surface area contributed by atoms with Crippen LogP contribution in [0.15, 0.2) is 12.7 Å². The Morgan fingerprint density at radius 3 is 3.00 bits per heavy atom. The largest absolute Gasteiger partial charge is 0.367 e. The molecule has 0 saturated carbocycles. The standard InChI is InChI=1S/C8H12N5O4P/c14-18(15,16)5-17-2-1-9-7-6-8(11-3-10-6)13-4-12-7/h3-4H,1-2,5H2,(H2,14,15,16)(H2,9,10,11,12,13). The molecule has 18 heavy (non-hydrogen) atoms. The first-order chi connectivity index (χ1) is 8.56. The quantitative estimate of drug-likeness (QED) is 0.424. The van der Waals surface area contributed by atoms with Gasteiger partial charge < -0.3 is 24.8 Å². The summed E-state index contributed by atoms with van der Waals surface area (Å²) in [5.41, 5.74) is 1.22. The molecule has 0 aliphatic carbocycles. The zero-order chi connectivity index (χ0) is 13.0. The SMILES string of the molecule is O=P(O)(O)COCCNc1ncnc2nc[nH]c12. The van der Waals surface area contributed by atoms with Crippen LogP contribution in [0.3, 0.4) is 0 Å². The van der Waals surface area contributed by atoms with Crippen LogP contribution < -0.4 is 5.32 Å². The zero-order valence-electron chi connectivity index (χ0n) is 9.28. The number of hydrogen-bond acceptors (Lipinski definition) is 6. The molecule has 2 rings (SSSR count). The maximum Gasteiger partial charge on any atom is 0.350 e. The number of imidazole rings is 1. The molecule has 0 saturated heterocycles. The van der Waals surface area contributed by atoms with Crippen molar-refractivity contribution in [2.45, 2.75) is 0 Å². The molecule has 0 aliphatic heterocycles. The Labute approximate surface area is 102 Å². The monoisotopic (exact) mass is 273 g/mol. The van der Waals surface area contributed by atoms with E-state index in [9.17, 15) is 4.57 Å². The Balaban J connectivity index is 1.84. The summed E-state index contributed by atoms with van der Waals surface area (Å²) in [6, 6.07) is 0. The average Bonchev–Trinajstić information content (AvgIpc) is 2.75. The Kier molecular flexibility index (Phi) is 3.87. The van der Waals surface area contributed by atoms with Crippen LogP contribution in [0.1, 0.15) is 0 Å². The van der Waals surface area contributed by atoms with Crippen molar-refractivity contribution in [3.8, 4) is 0 Å². The van der Waals surface area contributed by atoms with Gasteiger partial charge in [-0.05, 0) is 0 Å². The van der Waals surface area contributed by atoms with Crippen molar-refractivity contribution in [1.29, 1.82) is 0 Å². The summed E-state index contributed by atoms with van der Waals surface area (Å²) in [7, 11) is -4.10. The second-order valence-electron chi connectivity index (χ2n) is 3.45. The van der Waals surface area contributed by atoms with E-state index in [2.05, 4.69) is 25.3 Å². The topological polar surface area (TPSA) is 133 Å². The van der Waals surface area contributed by atoms with Gasteiger partial charge in [0.1, 0.15) is 18.2 Å². The minimum atomic E-state index is -4.10. The van der Waals surface area contributed by atoms with Crippen molar-refractivity contribution >= 4 is 24.6 Å². The maximum absolute atomic E-state index is 10.5. The molecule has 2 aromatic rings. The van der Waals surface area contributed by atoms with E-state index in [1.165, 1.54) is 12.7 Å². The number of aromatic amines is 1. The summed E-state index contributed by atoms with van der Waals surface area (Å²) in [4.78, 5) is 32.0. The molecule has 0 spiro atoms. The molecular formula is C8H12N5O4P. The highest BCUT2D eigenvalue weighted by Gasteiger charge is 2.12. The lowest BCUT2D eigenvalue weighted by molar-refractivity contribution is 0.167. The second kappa shape index (κ2) is 5.40. The minimum Gasteiger partial charge on any atom is -0.367 e. The van der Waals surface area contributed by atoms with E-state index in [4.69, 9.17) is 14.5 Å².